The molecular formula is C15H21N3O2. The standard InChI is InChI=1S/C15H21N3O2/c1-4-9(3)14(16)15(19)17-10-6-7-12-11(8-10)18-13(5-2)20-12/h6-9,14H,4-5,16H2,1-3H3,(H,17,19)/t9-,14-/m0/s1. The number of aryl methyl sites for hydroxylation is 1. The Morgan fingerprint density at radius 2 is 2.20 bits per heavy atom. The van der Waals surface area contributed by atoms with E-state index in [2.05, 4.69) is 10.3 Å². The number of rotatable bonds is 5. The van der Waals surface area contributed by atoms with Crippen molar-refractivity contribution < 1.29 is 9.21 Å². The Kier molecular flexibility index (Phi) is 4.39. The molecule has 2 aromatic rings. The van der Waals surface area contributed by atoms with Crippen molar-refractivity contribution in [1.82, 2.24) is 4.98 Å². The van der Waals surface area contributed by atoms with Crippen LogP contribution in [0.25, 0.3) is 11.1 Å². The highest BCUT2D eigenvalue weighted by Gasteiger charge is 2.19. The molecule has 2 rings (SSSR count). The average Bonchev–Trinajstić information content (AvgIpc) is 2.87. The van der Waals surface area contributed by atoms with Gasteiger partial charge in [-0.25, -0.2) is 4.98 Å². The van der Waals surface area contributed by atoms with Gasteiger partial charge < -0.3 is 15.5 Å². The van der Waals surface area contributed by atoms with E-state index < -0.39 is 6.04 Å². The van der Waals surface area contributed by atoms with Gasteiger partial charge in [-0.1, -0.05) is 27.2 Å². The zero-order chi connectivity index (χ0) is 14.7. The van der Waals surface area contributed by atoms with Gasteiger partial charge in [-0.05, 0) is 24.1 Å². The maximum absolute atomic E-state index is 12.0. The van der Waals surface area contributed by atoms with E-state index in [1.165, 1.54) is 0 Å². The second-order valence-corrected chi connectivity index (χ2v) is 5.04. The first-order valence-electron chi connectivity index (χ1n) is 7.01. The van der Waals surface area contributed by atoms with E-state index in [-0.39, 0.29) is 11.8 Å². The molecule has 5 heteroatoms. The Bertz CT molecular complexity index is 606. The fraction of sp³-hybridized carbons (Fsp3) is 0.467. The van der Waals surface area contributed by atoms with Crippen LogP contribution in [-0.2, 0) is 11.2 Å². The summed E-state index contributed by atoms with van der Waals surface area (Å²) in [5, 5.41) is 2.83. The molecule has 0 fully saturated rings. The molecule has 1 amide bonds. The molecule has 1 heterocycles. The maximum Gasteiger partial charge on any atom is 0.241 e. The summed E-state index contributed by atoms with van der Waals surface area (Å²) in [4.78, 5) is 16.4. The number of nitrogens with one attached hydrogen (secondary N) is 1. The van der Waals surface area contributed by atoms with Crippen LogP contribution in [0.2, 0.25) is 0 Å². The Morgan fingerprint density at radius 3 is 2.85 bits per heavy atom. The van der Waals surface area contributed by atoms with E-state index in [1.807, 2.05) is 26.8 Å². The molecule has 2 atom stereocenters. The third-order valence-corrected chi connectivity index (χ3v) is 3.56. The van der Waals surface area contributed by atoms with Crippen LogP contribution in [0.1, 0.15) is 33.1 Å². The monoisotopic (exact) mass is 275 g/mol. The number of carbonyl (C=O) groups excluding carboxylic acids is 1. The van der Waals surface area contributed by atoms with Crippen molar-refractivity contribution in [2.24, 2.45) is 11.7 Å². The Labute approximate surface area is 118 Å². The summed E-state index contributed by atoms with van der Waals surface area (Å²) in [5.41, 5.74) is 8.08. The summed E-state index contributed by atoms with van der Waals surface area (Å²) in [6, 6.07) is 4.92. The number of aromatic nitrogens is 1. The van der Waals surface area contributed by atoms with Crippen LogP contribution in [0.5, 0.6) is 0 Å². The van der Waals surface area contributed by atoms with Crippen molar-refractivity contribution in [3.63, 3.8) is 0 Å². The summed E-state index contributed by atoms with van der Waals surface area (Å²) in [7, 11) is 0. The van der Waals surface area contributed by atoms with Gasteiger partial charge in [-0.3, -0.25) is 4.79 Å². The molecule has 1 aromatic carbocycles. The van der Waals surface area contributed by atoms with Crippen molar-refractivity contribution in [3.8, 4) is 0 Å². The first kappa shape index (κ1) is 14.5. The fourth-order valence-corrected chi connectivity index (χ4v) is 1.94. The average molecular weight is 275 g/mol. The molecule has 0 radical (unpaired) electrons. The van der Waals surface area contributed by atoms with Crippen LogP contribution < -0.4 is 11.1 Å². The van der Waals surface area contributed by atoms with Gasteiger partial charge in [-0.2, -0.15) is 0 Å². The minimum atomic E-state index is -0.501. The second-order valence-electron chi connectivity index (χ2n) is 5.04. The van der Waals surface area contributed by atoms with Crippen LogP contribution in [0, 0.1) is 5.92 Å². The molecule has 0 saturated carbocycles. The summed E-state index contributed by atoms with van der Waals surface area (Å²) >= 11 is 0. The van der Waals surface area contributed by atoms with Crippen LogP contribution in [0.4, 0.5) is 5.69 Å². The van der Waals surface area contributed by atoms with Crippen LogP contribution in [0.15, 0.2) is 22.6 Å². The minimum Gasteiger partial charge on any atom is -0.441 e. The van der Waals surface area contributed by atoms with E-state index in [0.717, 1.165) is 23.9 Å². The molecule has 0 unspecified atom stereocenters. The van der Waals surface area contributed by atoms with Crippen molar-refractivity contribution in [3.05, 3.63) is 24.1 Å². The lowest BCUT2D eigenvalue weighted by molar-refractivity contribution is -0.118. The number of hydrogen-bond acceptors (Lipinski definition) is 4. The lowest BCUT2D eigenvalue weighted by Crippen LogP contribution is -2.40. The lowest BCUT2D eigenvalue weighted by atomic mass is 9.99. The van der Waals surface area contributed by atoms with E-state index in [0.29, 0.717) is 11.6 Å². The minimum absolute atomic E-state index is 0.150. The first-order chi connectivity index (χ1) is 9.55. The molecule has 20 heavy (non-hydrogen) atoms. The molecule has 0 spiro atoms. The predicted octanol–water partition coefficient (Wildman–Crippen LogP) is 2.70. The number of amides is 1. The molecule has 0 aliphatic carbocycles. The number of nitrogens with zero attached hydrogens (tertiary/aromatic N) is 1. The quantitative estimate of drug-likeness (QED) is 0.879. The number of anilines is 1. The SMILES string of the molecule is CCc1nc2cc(NC(=O)[C@@H](N)[C@@H](C)CC)ccc2o1. The molecular weight excluding hydrogens is 254 g/mol. The van der Waals surface area contributed by atoms with Gasteiger partial charge in [0.1, 0.15) is 5.52 Å². The van der Waals surface area contributed by atoms with Gasteiger partial charge in [0.2, 0.25) is 5.91 Å². The third kappa shape index (κ3) is 2.99. The summed E-state index contributed by atoms with van der Waals surface area (Å²) < 4.78 is 5.53. The Balaban J connectivity index is 2.15. The van der Waals surface area contributed by atoms with Gasteiger partial charge >= 0.3 is 0 Å². The summed E-state index contributed by atoms with van der Waals surface area (Å²) in [5.74, 6) is 0.676. The van der Waals surface area contributed by atoms with Gasteiger partial charge in [0.15, 0.2) is 11.5 Å². The maximum atomic E-state index is 12.0. The number of fused-ring (bicyclic) bond motifs is 1. The second kappa shape index (κ2) is 6.05. The Morgan fingerprint density at radius 1 is 1.45 bits per heavy atom. The molecule has 3 N–H and O–H groups in total. The van der Waals surface area contributed by atoms with E-state index in [4.69, 9.17) is 10.2 Å². The van der Waals surface area contributed by atoms with Gasteiger partial charge in [0, 0.05) is 12.1 Å². The number of benzene rings is 1. The number of hydrogen-bond donors (Lipinski definition) is 2. The van der Waals surface area contributed by atoms with Crippen LogP contribution >= 0.6 is 0 Å². The van der Waals surface area contributed by atoms with Gasteiger partial charge in [0.25, 0.3) is 0 Å². The van der Waals surface area contributed by atoms with Gasteiger partial charge in [0.05, 0.1) is 6.04 Å². The Hall–Kier alpha value is -1.88. The summed E-state index contributed by atoms with van der Waals surface area (Å²) in [6.45, 7) is 5.97. The lowest BCUT2D eigenvalue weighted by Gasteiger charge is -2.17. The molecule has 5 nitrogen and oxygen atoms in total. The number of nitrogens with two attached hydrogens (primary N) is 1. The van der Waals surface area contributed by atoms with Crippen molar-refractivity contribution in [1.29, 1.82) is 0 Å². The molecule has 0 aliphatic heterocycles. The molecule has 108 valence electrons. The first-order valence-corrected chi connectivity index (χ1v) is 7.01. The number of oxazole rings is 1. The van der Waals surface area contributed by atoms with E-state index >= 15 is 0 Å². The zero-order valence-corrected chi connectivity index (χ0v) is 12.1. The molecule has 0 saturated heterocycles. The largest absolute Gasteiger partial charge is 0.441 e. The number of carbonyl (C=O) groups is 1. The van der Waals surface area contributed by atoms with Crippen molar-refractivity contribution in [2.45, 2.75) is 39.7 Å². The highest BCUT2D eigenvalue weighted by Crippen LogP contribution is 2.20. The summed E-state index contributed by atoms with van der Waals surface area (Å²) in [6.07, 6.45) is 1.62. The zero-order valence-electron chi connectivity index (χ0n) is 12.1. The third-order valence-electron chi connectivity index (χ3n) is 3.56. The topological polar surface area (TPSA) is 81.2 Å². The fourth-order valence-electron chi connectivity index (χ4n) is 1.94. The van der Waals surface area contributed by atoms with Crippen molar-refractivity contribution >= 4 is 22.7 Å². The van der Waals surface area contributed by atoms with Crippen LogP contribution in [0.3, 0.4) is 0 Å². The van der Waals surface area contributed by atoms with Crippen molar-refractivity contribution in [2.75, 3.05) is 5.32 Å². The molecule has 0 bridgehead atoms. The van der Waals surface area contributed by atoms with Gasteiger partial charge in [-0.15, -0.1) is 0 Å². The van der Waals surface area contributed by atoms with E-state index in [1.54, 1.807) is 12.1 Å². The smallest absolute Gasteiger partial charge is 0.241 e. The normalized spacial score (nSPS) is 14.2. The van der Waals surface area contributed by atoms with Crippen LogP contribution in [-0.4, -0.2) is 16.9 Å². The highest BCUT2D eigenvalue weighted by molar-refractivity contribution is 5.96. The highest BCUT2D eigenvalue weighted by atomic mass is 16.3. The predicted molar refractivity (Wildman–Crippen MR) is 79.4 cm³/mol. The molecule has 1 aromatic heterocycles. The molecule has 0 aliphatic rings. The van der Waals surface area contributed by atoms with E-state index in [9.17, 15) is 4.79 Å².